The monoisotopic (exact) mass is 420 g/mol. The number of rotatable bonds is 5. The third kappa shape index (κ3) is 3.76. The van der Waals surface area contributed by atoms with E-state index in [2.05, 4.69) is 10.6 Å². The molecule has 0 aromatic heterocycles. The van der Waals surface area contributed by atoms with Crippen LogP contribution in [0.25, 0.3) is 0 Å². The van der Waals surface area contributed by atoms with Crippen molar-refractivity contribution in [3.8, 4) is 0 Å². The van der Waals surface area contributed by atoms with E-state index in [1.54, 1.807) is 38.1 Å². The zero-order valence-electron chi connectivity index (χ0n) is 17.4. The highest BCUT2D eigenvalue weighted by Crippen LogP contribution is 2.36. The highest BCUT2D eigenvalue weighted by molar-refractivity contribution is 6.16. The Morgan fingerprint density at radius 3 is 2.42 bits per heavy atom. The van der Waals surface area contributed by atoms with Crippen molar-refractivity contribution in [3.05, 3.63) is 60.2 Å². The number of nitrogens with one attached hydrogen (secondary N) is 2. The van der Waals surface area contributed by atoms with Crippen molar-refractivity contribution in [1.82, 2.24) is 10.2 Å². The molecule has 2 aliphatic rings. The van der Waals surface area contributed by atoms with Gasteiger partial charge >= 0.3 is 6.03 Å². The molecule has 0 unspecified atom stereocenters. The van der Waals surface area contributed by atoms with Gasteiger partial charge in [0.2, 0.25) is 11.8 Å². The average molecular weight is 420 g/mol. The number of nitrogens with zero attached hydrogens (tertiary/aromatic N) is 2. The van der Waals surface area contributed by atoms with Gasteiger partial charge in [0.1, 0.15) is 18.1 Å². The van der Waals surface area contributed by atoms with Gasteiger partial charge in [-0.2, -0.15) is 0 Å². The lowest BCUT2D eigenvalue weighted by atomic mass is 9.96. The Balaban J connectivity index is 1.49. The number of carbonyl (C=O) groups excluding carboxylic acids is 4. The maximum atomic E-state index is 13.2. The average Bonchev–Trinajstić information content (AvgIpc) is 3.01. The first-order chi connectivity index (χ1) is 14.8. The maximum absolute atomic E-state index is 13.2. The van der Waals surface area contributed by atoms with Gasteiger partial charge in [0.25, 0.3) is 5.91 Å². The fraction of sp³-hybridized carbons (Fsp3) is 0.304. The zero-order chi connectivity index (χ0) is 22.2. The van der Waals surface area contributed by atoms with Crippen LogP contribution < -0.4 is 15.5 Å². The Morgan fingerprint density at radius 2 is 1.68 bits per heavy atom. The summed E-state index contributed by atoms with van der Waals surface area (Å²) in [6.07, 6.45) is 1.08. The molecule has 8 heteroatoms. The van der Waals surface area contributed by atoms with E-state index < -0.39 is 36.0 Å². The Bertz CT molecular complexity index is 1050. The summed E-state index contributed by atoms with van der Waals surface area (Å²) in [6, 6.07) is 15.4. The third-order valence-corrected chi connectivity index (χ3v) is 5.72. The van der Waals surface area contributed by atoms with E-state index >= 15 is 0 Å². The Labute approximate surface area is 180 Å². The van der Waals surface area contributed by atoms with Crippen LogP contribution in [0.2, 0.25) is 0 Å². The number of fused-ring (bicyclic) bond motifs is 1. The minimum atomic E-state index is -1.17. The summed E-state index contributed by atoms with van der Waals surface area (Å²) in [5.74, 6) is -1.26. The highest BCUT2D eigenvalue weighted by Gasteiger charge is 2.46. The van der Waals surface area contributed by atoms with Crippen LogP contribution in [-0.2, 0) is 20.8 Å². The molecule has 2 aromatic rings. The summed E-state index contributed by atoms with van der Waals surface area (Å²) in [7, 11) is 0. The van der Waals surface area contributed by atoms with Crippen molar-refractivity contribution in [2.75, 3.05) is 16.8 Å². The molecule has 1 saturated heterocycles. The lowest BCUT2D eigenvalue weighted by Gasteiger charge is -2.42. The highest BCUT2D eigenvalue weighted by atomic mass is 16.2. The van der Waals surface area contributed by atoms with Crippen molar-refractivity contribution >= 4 is 35.1 Å². The number of hydrogen-bond acceptors (Lipinski definition) is 4. The minimum absolute atomic E-state index is 0.336. The van der Waals surface area contributed by atoms with Gasteiger partial charge in [0.15, 0.2) is 0 Å². The van der Waals surface area contributed by atoms with E-state index in [-0.39, 0.29) is 5.91 Å². The fourth-order valence-corrected chi connectivity index (χ4v) is 3.98. The van der Waals surface area contributed by atoms with Gasteiger partial charge in [-0.3, -0.25) is 24.2 Å². The zero-order valence-corrected chi connectivity index (χ0v) is 17.4. The first-order valence-corrected chi connectivity index (χ1v) is 10.2. The first kappa shape index (κ1) is 20.6. The van der Waals surface area contributed by atoms with Gasteiger partial charge in [-0.25, -0.2) is 4.79 Å². The van der Waals surface area contributed by atoms with Crippen molar-refractivity contribution in [2.24, 2.45) is 0 Å². The standard InChI is InChI=1S/C23H24N4O4/c1-23(2)21(30)24-16-10-6-7-11-18(16)27(23)19(28)14-26-20(29)17(25-22(26)31)13-12-15-8-4-3-5-9-15/h3-11,17H,12-14H2,1-2H3,(H,24,30)(H,25,31)/t17-/m1/s1. The van der Waals surface area contributed by atoms with Gasteiger partial charge in [0, 0.05) is 0 Å². The molecular weight excluding hydrogens is 396 g/mol. The van der Waals surface area contributed by atoms with Gasteiger partial charge in [-0.05, 0) is 44.4 Å². The topological polar surface area (TPSA) is 98.8 Å². The molecule has 0 aliphatic carbocycles. The molecule has 0 spiro atoms. The molecule has 8 nitrogen and oxygen atoms in total. The second kappa shape index (κ2) is 7.86. The summed E-state index contributed by atoms with van der Waals surface area (Å²) in [5.41, 5.74) is 0.942. The largest absolute Gasteiger partial charge is 0.326 e. The molecule has 160 valence electrons. The van der Waals surface area contributed by atoms with Gasteiger partial charge in [-0.1, -0.05) is 42.5 Å². The molecule has 2 heterocycles. The molecule has 2 aliphatic heterocycles. The van der Waals surface area contributed by atoms with Gasteiger partial charge < -0.3 is 10.6 Å². The predicted octanol–water partition coefficient (Wildman–Crippen LogP) is 2.30. The number of aryl methyl sites for hydroxylation is 1. The molecule has 0 saturated carbocycles. The van der Waals surface area contributed by atoms with E-state index in [4.69, 9.17) is 0 Å². The van der Waals surface area contributed by atoms with Crippen LogP contribution in [0.15, 0.2) is 54.6 Å². The van der Waals surface area contributed by atoms with Crippen LogP contribution in [0, 0.1) is 0 Å². The summed E-state index contributed by atoms with van der Waals surface area (Å²) >= 11 is 0. The van der Waals surface area contributed by atoms with E-state index in [0.29, 0.717) is 24.2 Å². The van der Waals surface area contributed by atoms with Crippen molar-refractivity contribution in [1.29, 1.82) is 0 Å². The SMILES string of the molecule is CC1(C)C(=O)Nc2ccccc2N1C(=O)CN1C(=O)N[C@H](CCc2ccccc2)C1=O. The van der Waals surface area contributed by atoms with Crippen LogP contribution in [-0.4, -0.2) is 46.8 Å². The maximum Gasteiger partial charge on any atom is 0.325 e. The number of benzene rings is 2. The first-order valence-electron chi connectivity index (χ1n) is 10.2. The summed E-state index contributed by atoms with van der Waals surface area (Å²) < 4.78 is 0. The van der Waals surface area contributed by atoms with E-state index in [0.717, 1.165) is 10.5 Å². The van der Waals surface area contributed by atoms with Crippen molar-refractivity contribution in [3.63, 3.8) is 0 Å². The van der Waals surface area contributed by atoms with Crippen LogP contribution >= 0.6 is 0 Å². The molecule has 0 radical (unpaired) electrons. The molecule has 4 rings (SSSR count). The van der Waals surface area contributed by atoms with Crippen molar-refractivity contribution < 1.29 is 19.2 Å². The molecule has 0 bridgehead atoms. The number of imide groups is 1. The number of hydrogen-bond donors (Lipinski definition) is 2. The molecular formula is C23H24N4O4. The lowest BCUT2D eigenvalue weighted by Crippen LogP contribution is -2.60. The van der Waals surface area contributed by atoms with Crippen LogP contribution in [0.1, 0.15) is 25.8 Å². The van der Waals surface area contributed by atoms with Crippen LogP contribution in [0.3, 0.4) is 0 Å². The molecule has 31 heavy (non-hydrogen) atoms. The van der Waals surface area contributed by atoms with Gasteiger partial charge in [-0.15, -0.1) is 0 Å². The summed E-state index contributed by atoms with van der Waals surface area (Å²) in [4.78, 5) is 53.3. The summed E-state index contributed by atoms with van der Waals surface area (Å²) in [6.45, 7) is 2.83. The molecule has 2 aromatic carbocycles. The predicted molar refractivity (Wildman–Crippen MR) is 115 cm³/mol. The number of para-hydroxylation sites is 2. The third-order valence-electron chi connectivity index (χ3n) is 5.72. The number of amides is 5. The Morgan fingerprint density at radius 1 is 1.00 bits per heavy atom. The number of carbonyl (C=O) groups is 4. The quantitative estimate of drug-likeness (QED) is 0.725. The smallest absolute Gasteiger partial charge is 0.325 e. The fourth-order valence-electron chi connectivity index (χ4n) is 3.98. The molecule has 1 atom stereocenters. The van der Waals surface area contributed by atoms with Gasteiger partial charge in [0.05, 0.1) is 11.4 Å². The molecule has 1 fully saturated rings. The molecule has 2 N–H and O–H groups in total. The van der Waals surface area contributed by atoms with E-state index in [9.17, 15) is 19.2 Å². The number of anilines is 2. The normalized spacial score (nSPS) is 19.7. The molecule has 5 amide bonds. The van der Waals surface area contributed by atoms with E-state index in [1.165, 1.54) is 4.90 Å². The second-order valence-corrected chi connectivity index (χ2v) is 8.21. The lowest BCUT2D eigenvalue weighted by molar-refractivity contribution is -0.132. The van der Waals surface area contributed by atoms with Crippen molar-refractivity contribution in [2.45, 2.75) is 38.3 Å². The minimum Gasteiger partial charge on any atom is -0.326 e. The Hall–Kier alpha value is -3.68. The summed E-state index contributed by atoms with van der Waals surface area (Å²) in [5, 5.41) is 5.46. The van der Waals surface area contributed by atoms with Crippen LogP contribution in [0.4, 0.5) is 16.2 Å². The van der Waals surface area contributed by atoms with E-state index in [1.807, 2.05) is 30.3 Å². The van der Waals surface area contributed by atoms with Crippen LogP contribution in [0.5, 0.6) is 0 Å². The Kier molecular flexibility index (Phi) is 5.22. The number of urea groups is 1. The second-order valence-electron chi connectivity index (χ2n) is 8.21.